The Bertz CT molecular complexity index is 394. The summed E-state index contributed by atoms with van der Waals surface area (Å²) in [7, 11) is 0. The van der Waals surface area contributed by atoms with Crippen LogP contribution in [0.3, 0.4) is 0 Å². The summed E-state index contributed by atoms with van der Waals surface area (Å²) in [4.78, 5) is 0. The summed E-state index contributed by atoms with van der Waals surface area (Å²) in [5.41, 5.74) is 8.37. The highest BCUT2D eigenvalue weighted by molar-refractivity contribution is 5.30. The van der Waals surface area contributed by atoms with Crippen LogP contribution >= 0.6 is 0 Å². The summed E-state index contributed by atoms with van der Waals surface area (Å²) >= 11 is 0. The van der Waals surface area contributed by atoms with Crippen molar-refractivity contribution in [2.24, 2.45) is 5.73 Å². The zero-order chi connectivity index (χ0) is 10.5. The first kappa shape index (κ1) is 9.94. The molecule has 0 fully saturated rings. The van der Waals surface area contributed by atoms with Gasteiger partial charge in [-0.15, -0.1) is 0 Å². The summed E-state index contributed by atoms with van der Waals surface area (Å²) in [6.07, 6.45) is 2.06. The highest BCUT2D eigenvalue weighted by Crippen LogP contribution is 2.17. The van der Waals surface area contributed by atoms with Crippen LogP contribution in [0.25, 0.3) is 0 Å². The van der Waals surface area contributed by atoms with E-state index in [9.17, 15) is 0 Å². The number of nitrogens with two attached hydrogens (primary N) is 1. The van der Waals surface area contributed by atoms with Crippen LogP contribution in [0.1, 0.15) is 17.2 Å². The molecule has 0 aliphatic heterocycles. The monoisotopic (exact) mass is 196 g/mol. The van der Waals surface area contributed by atoms with Crippen LogP contribution in [-0.4, -0.2) is 0 Å². The highest BCUT2D eigenvalue weighted by Gasteiger charge is 2.05. The summed E-state index contributed by atoms with van der Waals surface area (Å²) < 4.78 is 0. The zero-order valence-electron chi connectivity index (χ0n) is 8.51. The van der Waals surface area contributed by atoms with Gasteiger partial charge in [-0.2, -0.15) is 0 Å². The molecule has 75 valence electrons. The second-order valence-corrected chi connectivity index (χ2v) is 3.51. The van der Waals surface area contributed by atoms with Gasteiger partial charge in [0.1, 0.15) is 0 Å². The Morgan fingerprint density at radius 3 is 1.93 bits per heavy atom. The SMILES string of the molecule is NC([CH]c1ccccc1)c1ccccc1. The second kappa shape index (κ2) is 4.76. The van der Waals surface area contributed by atoms with E-state index in [0.717, 1.165) is 11.1 Å². The molecule has 2 aromatic carbocycles. The minimum atomic E-state index is -0.0337. The third-order valence-electron chi connectivity index (χ3n) is 2.36. The van der Waals surface area contributed by atoms with Gasteiger partial charge in [-0.05, 0) is 11.1 Å². The Balaban J connectivity index is 2.08. The third kappa shape index (κ3) is 2.67. The van der Waals surface area contributed by atoms with Crippen molar-refractivity contribution in [1.82, 2.24) is 0 Å². The lowest BCUT2D eigenvalue weighted by Crippen LogP contribution is -2.11. The number of rotatable bonds is 3. The first-order valence-corrected chi connectivity index (χ1v) is 5.07. The van der Waals surface area contributed by atoms with Crippen molar-refractivity contribution in [2.75, 3.05) is 0 Å². The maximum atomic E-state index is 6.07. The first-order valence-electron chi connectivity index (χ1n) is 5.07. The van der Waals surface area contributed by atoms with E-state index in [1.807, 2.05) is 48.5 Å². The van der Waals surface area contributed by atoms with Gasteiger partial charge < -0.3 is 5.73 Å². The molecule has 0 saturated carbocycles. The molecule has 0 heterocycles. The van der Waals surface area contributed by atoms with Gasteiger partial charge in [-0.25, -0.2) is 0 Å². The van der Waals surface area contributed by atoms with Gasteiger partial charge in [-0.1, -0.05) is 60.7 Å². The van der Waals surface area contributed by atoms with Gasteiger partial charge in [-0.3, -0.25) is 0 Å². The largest absolute Gasteiger partial charge is 0.323 e. The van der Waals surface area contributed by atoms with E-state index in [0.29, 0.717) is 0 Å². The minimum Gasteiger partial charge on any atom is -0.323 e. The molecular formula is C14H14N. The molecule has 1 unspecified atom stereocenters. The van der Waals surface area contributed by atoms with Crippen LogP contribution in [-0.2, 0) is 0 Å². The van der Waals surface area contributed by atoms with Gasteiger partial charge in [0, 0.05) is 12.5 Å². The van der Waals surface area contributed by atoms with Gasteiger partial charge in [0.25, 0.3) is 0 Å². The molecule has 15 heavy (non-hydrogen) atoms. The normalized spacial score (nSPS) is 12.3. The van der Waals surface area contributed by atoms with E-state index >= 15 is 0 Å². The van der Waals surface area contributed by atoms with Crippen molar-refractivity contribution in [3.63, 3.8) is 0 Å². The lowest BCUT2D eigenvalue weighted by molar-refractivity contribution is 0.855. The van der Waals surface area contributed by atoms with Crippen molar-refractivity contribution >= 4 is 0 Å². The molecule has 0 aliphatic rings. The fourth-order valence-electron chi connectivity index (χ4n) is 1.54. The standard InChI is InChI=1S/C14H14N/c15-14(13-9-5-2-6-10-13)11-12-7-3-1-4-8-12/h1-11,14H,15H2. The summed E-state index contributed by atoms with van der Waals surface area (Å²) in [5, 5.41) is 0. The zero-order valence-corrected chi connectivity index (χ0v) is 8.51. The van der Waals surface area contributed by atoms with Gasteiger partial charge in [0.15, 0.2) is 0 Å². The molecule has 0 bridgehead atoms. The molecule has 2 aromatic rings. The second-order valence-electron chi connectivity index (χ2n) is 3.51. The van der Waals surface area contributed by atoms with Crippen molar-refractivity contribution < 1.29 is 0 Å². The van der Waals surface area contributed by atoms with E-state index in [2.05, 4.69) is 18.6 Å². The molecule has 2 N–H and O–H groups in total. The minimum absolute atomic E-state index is 0.0337. The van der Waals surface area contributed by atoms with Crippen molar-refractivity contribution in [3.05, 3.63) is 78.2 Å². The van der Waals surface area contributed by atoms with E-state index in [1.54, 1.807) is 0 Å². The van der Waals surface area contributed by atoms with Gasteiger partial charge in [0.2, 0.25) is 0 Å². The lowest BCUT2D eigenvalue weighted by Gasteiger charge is -2.11. The fourth-order valence-corrected chi connectivity index (χ4v) is 1.54. The van der Waals surface area contributed by atoms with Crippen LogP contribution in [0, 0.1) is 6.42 Å². The maximum Gasteiger partial charge on any atom is 0.0371 e. The third-order valence-corrected chi connectivity index (χ3v) is 2.36. The summed E-state index contributed by atoms with van der Waals surface area (Å²) in [5.74, 6) is 0. The molecular weight excluding hydrogens is 182 g/mol. The Kier molecular flexibility index (Phi) is 3.15. The molecule has 2 rings (SSSR count). The van der Waals surface area contributed by atoms with Crippen LogP contribution in [0.2, 0.25) is 0 Å². The number of hydrogen-bond acceptors (Lipinski definition) is 1. The van der Waals surface area contributed by atoms with E-state index in [4.69, 9.17) is 5.73 Å². The molecule has 1 nitrogen and oxygen atoms in total. The summed E-state index contributed by atoms with van der Waals surface area (Å²) in [6, 6.07) is 20.2. The predicted molar refractivity (Wildman–Crippen MR) is 63.2 cm³/mol. The van der Waals surface area contributed by atoms with E-state index < -0.39 is 0 Å². The van der Waals surface area contributed by atoms with Crippen LogP contribution in [0.4, 0.5) is 0 Å². The van der Waals surface area contributed by atoms with Crippen LogP contribution in [0.15, 0.2) is 60.7 Å². The predicted octanol–water partition coefficient (Wildman–Crippen LogP) is 2.94. The number of benzene rings is 2. The average molecular weight is 196 g/mol. The molecule has 0 spiro atoms. The summed E-state index contributed by atoms with van der Waals surface area (Å²) in [6.45, 7) is 0. The molecule has 1 atom stereocenters. The Labute approximate surface area is 90.6 Å². The maximum absolute atomic E-state index is 6.07. The average Bonchev–Trinajstić information content (AvgIpc) is 2.31. The first-order chi connectivity index (χ1) is 7.36. The molecule has 1 heteroatoms. The topological polar surface area (TPSA) is 26.0 Å². The van der Waals surface area contributed by atoms with Crippen molar-refractivity contribution in [3.8, 4) is 0 Å². The Morgan fingerprint density at radius 1 is 0.800 bits per heavy atom. The van der Waals surface area contributed by atoms with Crippen LogP contribution < -0.4 is 5.73 Å². The van der Waals surface area contributed by atoms with E-state index in [-0.39, 0.29) is 6.04 Å². The van der Waals surface area contributed by atoms with Crippen molar-refractivity contribution in [2.45, 2.75) is 6.04 Å². The smallest absolute Gasteiger partial charge is 0.0371 e. The molecule has 0 saturated heterocycles. The van der Waals surface area contributed by atoms with E-state index in [1.165, 1.54) is 0 Å². The Morgan fingerprint density at radius 2 is 1.33 bits per heavy atom. The van der Waals surface area contributed by atoms with Crippen LogP contribution in [0.5, 0.6) is 0 Å². The number of hydrogen-bond donors (Lipinski definition) is 1. The lowest BCUT2D eigenvalue weighted by atomic mass is 10.00. The van der Waals surface area contributed by atoms with Crippen molar-refractivity contribution in [1.29, 1.82) is 0 Å². The molecule has 0 aromatic heterocycles. The van der Waals surface area contributed by atoms with Gasteiger partial charge >= 0.3 is 0 Å². The quantitative estimate of drug-likeness (QED) is 0.802. The fraction of sp³-hybridized carbons (Fsp3) is 0.0714. The van der Waals surface area contributed by atoms with Gasteiger partial charge in [0.05, 0.1) is 0 Å². The highest BCUT2D eigenvalue weighted by atomic mass is 14.6. The molecule has 0 amide bonds. The molecule has 1 radical (unpaired) electrons. The molecule has 0 aliphatic carbocycles. The Hall–Kier alpha value is -1.60.